The van der Waals surface area contributed by atoms with Crippen LogP contribution in [0, 0.1) is 5.82 Å². The first kappa shape index (κ1) is 18.3. The highest BCUT2D eigenvalue weighted by Gasteiger charge is 2.20. The zero-order valence-electron chi connectivity index (χ0n) is 14.5. The van der Waals surface area contributed by atoms with Gasteiger partial charge in [-0.1, -0.05) is 29.8 Å². The number of hydrogen-bond donors (Lipinski definition) is 0. The van der Waals surface area contributed by atoms with Crippen LogP contribution in [0.5, 0.6) is 5.75 Å². The molecular weight excluding hydrogens is 355 g/mol. The van der Waals surface area contributed by atoms with Crippen LogP contribution in [0.3, 0.4) is 0 Å². The Kier molecular flexibility index (Phi) is 5.78. The third-order valence-corrected chi connectivity index (χ3v) is 4.70. The summed E-state index contributed by atoms with van der Waals surface area (Å²) in [6.07, 6.45) is 3.09. The Hall–Kier alpha value is -2.53. The number of carbonyl (C=O) groups is 1. The molecule has 6 heteroatoms. The molecule has 0 atom stereocenters. The standard InChI is InChI=1S/C20H20ClFN2O2/c1-26-19-8-6-15(14-17(19)22)7-9-20(25)24-12-10-23(11-13-24)18-5-3-2-4-16(18)21/h2-9,14H,10-13H2,1H3/b9-7+. The van der Waals surface area contributed by atoms with E-state index in [1.54, 1.807) is 23.1 Å². The highest BCUT2D eigenvalue weighted by Crippen LogP contribution is 2.26. The van der Waals surface area contributed by atoms with Crippen LogP contribution in [-0.2, 0) is 4.79 Å². The monoisotopic (exact) mass is 374 g/mol. The normalized spacial score (nSPS) is 14.7. The number of anilines is 1. The number of para-hydroxylation sites is 1. The van der Waals surface area contributed by atoms with Gasteiger partial charge in [0.2, 0.25) is 5.91 Å². The summed E-state index contributed by atoms with van der Waals surface area (Å²) in [7, 11) is 1.42. The van der Waals surface area contributed by atoms with Crippen molar-refractivity contribution >= 4 is 29.3 Å². The first-order valence-corrected chi connectivity index (χ1v) is 8.76. The minimum absolute atomic E-state index is 0.0833. The summed E-state index contributed by atoms with van der Waals surface area (Å²) < 4.78 is 18.6. The van der Waals surface area contributed by atoms with E-state index in [2.05, 4.69) is 4.90 Å². The largest absolute Gasteiger partial charge is 0.494 e. The van der Waals surface area contributed by atoms with Crippen LogP contribution in [0.2, 0.25) is 5.02 Å². The van der Waals surface area contributed by atoms with Crippen LogP contribution in [-0.4, -0.2) is 44.1 Å². The molecule has 0 aromatic heterocycles. The molecule has 2 aromatic carbocycles. The maximum atomic E-state index is 13.7. The Bertz CT molecular complexity index is 817. The molecule has 136 valence electrons. The van der Waals surface area contributed by atoms with Crippen LogP contribution in [0.1, 0.15) is 5.56 Å². The van der Waals surface area contributed by atoms with Crippen molar-refractivity contribution in [3.8, 4) is 5.75 Å². The molecule has 1 aliphatic heterocycles. The number of amides is 1. The fourth-order valence-corrected chi connectivity index (χ4v) is 3.19. The van der Waals surface area contributed by atoms with Crippen molar-refractivity contribution in [1.29, 1.82) is 0 Å². The van der Waals surface area contributed by atoms with E-state index in [4.69, 9.17) is 16.3 Å². The van der Waals surface area contributed by atoms with Crippen molar-refractivity contribution in [2.75, 3.05) is 38.2 Å². The Labute approximate surface area is 157 Å². The third kappa shape index (κ3) is 4.17. The van der Waals surface area contributed by atoms with E-state index >= 15 is 0 Å². The van der Waals surface area contributed by atoms with E-state index in [0.29, 0.717) is 23.7 Å². The van der Waals surface area contributed by atoms with E-state index in [9.17, 15) is 9.18 Å². The predicted octanol–water partition coefficient (Wildman–Crippen LogP) is 3.85. The Morgan fingerprint density at radius 1 is 1.15 bits per heavy atom. The number of benzene rings is 2. The maximum Gasteiger partial charge on any atom is 0.246 e. The SMILES string of the molecule is COc1ccc(/C=C/C(=O)N2CCN(c3ccccc3Cl)CC2)cc1F. The minimum Gasteiger partial charge on any atom is -0.494 e. The average molecular weight is 375 g/mol. The Morgan fingerprint density at radius 3 is 2.54 bits per heavy atom. The molecule has 3 rings (SSSR count). The molecule has 0 bridgehead atoms. The molecule has 0 radical (unpaired) electrons. The number of carbonyl (C=O) groups excluding carboxylic acids is 1. The van der Waals surface area contributed by atoms with E-state index < -0.39 is 5.82 Å². The van der Waals surface area contributed by atoms with Crippen LogP contribution in [0.15, 0.2) is 48.5 Å². The van der Waals surface area contributed by atoms with Crippen molar-refractivity contribution in [3.05, 3.63) is 64.9 Å². The molecule has 1 aliphatic rings. The number of halogens is 2. The van der Waals surface area contributed by atoms with Gasteiger partial charge in [-0.25, -0.2) is 4.39 Å². The van der Waals surface area contributed by atoms with Gasteiger partial charge in [0.1, 0.15) is 0 Å². The van der Waals surface area contributed by atoms with Gasteiger partial charge in [0.25, 0.3) is 0 Å². The summed E-state index contributed by atoms with van der Waals surface area (Å²) in [4.78, 5) is 16.3. The lowest BCUT2D eigenvalue weighted by molar-refractivity contribution is -0.126. The molecular formula is C20H20ClFN2O2. The van der Waals surface area contributed by atoms with Gasteiger partial charge >= 0.3 is 0 Å². The highest BCUT2D eigenvalue weighted by molar-refractivity contribution is 6.33. The zero-order valence-corrected chi connectivity index (χ0v) is 15.2. The summed E-state index contributed by atoms with van der Waals surface area (Å²) in [5.41, 5.74) is 1.61. The molecule has 0 N–H and O–H groups in total. The van der Waals surface area contributed by atoms with E-state index in [1.807, 2.05) is 24.3 Å². The third-order valence-electron chi connectivity index (χ3n) is 4.38. The summed E-state index contributed by atoms with van der Waals surface area (Å²) >= 11 is 6.24. The molecule has 26 heavy (non-hydrogen) atoms. The zero-order chi connectivity index (χ0) is 18.5. The van der Waals surface area contributed by atoms with Gasteiger partial charge in [-0.05, 0) is 35.9 Å². The highest BCUT2D eigenvalue weighted by atomic mass is 35.5. The molecule has 0 saturated carbocycles. The number of methoxy groups -OCH3 is 1. The quantitative estimate of drug-likeness (QED) is 0.762. The molecule has 1 fully saturated rings. The number of ether oxygens (including phenoxy) is 1. The molecule has 4 nitrogen and oxygen atoms in total. The lowest BCUT2D eigenvalue weighted by Crippen LogP contribution is -2.48. The first-order valence-electron chi connectivity index (χ1n) is 8.38. The van der Waals surface area contributed by atoms with Gasteiger partial charge in [-0.2, -0.15) is 0 Å². The second kappa shape index (κ2) is 8.23. The molecule has 0 aliphatic carbocycles. The van der Waals surface area contributed by atoms with Crippen molar-refractivity contribution in [1.82, 2.24) is 4.90 Å². The van der Waals surface area contributed by atoms with Gasteiger partial charge in [0, 0.05) is 32.3 Å². The summed E-state index contributed by atoms with van der Waals surface area (Å²) in [6.45, 7) is 2.68. The van der Waals surface area contributed by atoms with Crippen molar-refractivity contribution in [2.45, 2.75) is 0 Å². The van der Waals surface area contributed by atoms with E-state index in [-0.39, 0.29) is 11.7 Å². The number of piperazine rings is 1. The molecule has 1 heterocycles. The smallest absolute Gasteiger partial charge is 0.246 e. The van der Waals surface area contributed by atoms with Crippen molar-refractivity contribution < 1.29 is 13.9 Å². The fourth-order valence-electron chi connectivity index (χ4n) is 2.94. The second-order valence-corrected chi connectivity index (χ2v) is 6.40. The van der Waals surface area contributed by atoms with E-state index in [1.165, 1.54) is 19.3 Å². The average Bonchev–Trinajstić information content (AvgIpc) is 2.67. The minimum atomic E-state index is -0.449. The predicted molar refractivity (Wildman–Crippen MR) is 102 cm³/mol. The molecule has 1 amide bonds. The molecule has 0 unspecified atom stereocenters. The van der Waals surface area contributed by atoms with Crippen LogP contribution < -0.4 is 9.64 Å². The summed E-state index contributed by atoms with van der Waals surface area (Å²) in [5.74, 6) is -0.348. The first-order chi connectivity index (χ1) is 12.6. The van der Waals surface area contributed by atoms with E-state index in [0.717, 1.165) is 18.8 Å². The lowest BCUT2D eigenvalue weighted by atomic mass is 10.2. The van der Waals surface area contributed by atoms with Crippen LogP contribution in [0.25, 0.3) is 6.08 Å². The second-order valence-electron chi connectivity index (χ2n) is 5.99. The number of hydrogen-bond acceptors (Lipinski definition) is 3. The van der Waals surface area contributed by atoms with Crippen LogP contribution in [0.4, 0.5) is 10.1 Å². The van der Waals surface area contributed by atoms with Gasteiger partial charge in [-0.3, -0.25) is 4.79 Å². The lowest BCUT2D eigenvalue weighted by Gasteiger charge is -2.36. The van der Waals surface area contributed by atoms with Gasteiger partial charge in [0.05, 0.1) is 17.8 Å². The van der Waals surface area contributed by atoms with Crippen molar-refractivity contribution in [2.24, 2.45) is 0 Å². The van der Waals surface area contributed by atoms with Crippen molar-refractivity contribution in [3.63, 3.8) is 0 Å². The molecule has 2 aromatic rings. The fraction of sp³-hybridized carbons (Fsp3) is 0.250. The summed E-state index contributed by atoms with van der Waals surface area (Å²) in [5, 5.41) is 0.716. The van der Waals surface area contributed by atoms with Gasteiger partial charge in [-0.15, -0.1) is 0 Å². The van der Waals surface area contributed by atoms with Gasteiger partial charge < -0.3 is 14.5 Å². The van der Waals surface area contributed by atoms with Crippen LogP contribution >= 0.6 is 11.6 Å². The molecule has 0 spiro atoms. The number of rotatable bonds is 4. The summed E-state index contributed by atoms with van der Waals surface area (Å²) in [6, 6.07) is 12.3. The van der Waals surface area contributed by atoms with Gasteiger partial charge in [0.15, 0.2) is 11.6 Å². The topological polar surface area (TPSA) is 32.8 Å². The Morgan fingerprint density at radius 2 is 1.88 bits per heavy atom. The molecule has 1 saturated heterocycles. The Balaban J connectivity index is 1.58. The maximum absolute atomic E-state index is 13.7. The number of nitrogens with zero attached hydrogens (tertiary/aromatic N) is 2.